The van der Waals surface area contributed by atoms with Crippen molar-refractivity contribution in [1.82, 2.24) is 0 Å². The molecule has 0 fully saturated rings. The Morgan fingerprint density at radius 1 is 1.08 bits per heavy atom. The summed E-state index contributed by atoms with van der Waals surface area (Å²) in [5.41, 5.74) is 1.03. The number of rotatable bonds is 0. The van der Waals surface area contributed by atoms with Gasteiger partial charge in [-0.2, -0.15) is 0 Å². The average molecular weight is 158 g/mol. The van der Waals surface area contributed by atoms with Crippen molar-refractivity contribution in [2.75, 3.05) is 0 Å². The van der Waals surface area contributed by atoms with Crippen LogP contribution in [0.2, 0.25) is 0 Å². The summed E-state index contributed by atoms with van der Waals surface area (Å²) >= 11 is 0. The summed E-state index contributed by atoms with van der Waals surface area (Å²) in [4.78, 5) is 0. The van der Waals surface area contributed by atoms with Gasteiger partial charge in [-0.05, 0) is 17.0 Å². The first-order chi connectivity index (χ1) is 5.02. The first-order valence-corrected chi connectivity index (χ1v) is 3.80. The summed E-state index contributed by atoms with van der Waals surface area (Å²) in [6.45, 7) is 6.26. The van der Waals surface area contributed by atoms with Crippen molar-refractivity contribution in [2.45, 2.75) is 26.2 Å². The third-order valence-corrected chi connectivity index (χ3v) is 1.71. The van der Waals surface area contributed by atoms with E-state index in [4.69, 9.17) is 0 Å². The van der Waals surface area contributed by atoms with Gasteiger partial charge in [-0.3, -0.25) is 0 Å². The molecule has 0 atom stereocenters. The van der Waals surface area contributed by atoms with E-state index in [0.29, 0.717) is 5.75 Å². The molecule has 0 saturated heterocycles. The van der Waals surface area contributed by atoms with Crippen molar-refractivity contribution in [3.8, 4) is 5.75 Å². The fourth-order valence-electron chi connectivity index (χ4n) is 1.11. The standard InChI is InChI=1S/C10H14O.Li.H/c1-10(2,3)8-6-4-5-7-9(8)11;;/h4-7,11H,1-3H3;;. The van der Waals surface area contributed by atoms with Gasteiger partial charge in [-0.15, -0.1) is 0 Å². The van der Waals surface area contributed by atoms with Gasteiger partial charge < -0.3 is 5.11 Å². The second-order valence-electron chi connectivity index (χ2n) is 3.77. The summed E-state index contributed by atoms with van der Waals surface area (Å²) in [5, 5.41) is 9.45. The zero-order valence-electron chi connectivity index (χ0n) is 7.26. The van der Waals surface area contributed by atoms with Gasteiger partial charge in [-0.25, -0.2) is 0 Å². The summed E-state index contributed by atoms with van der Waals surface area (Å²) < 4.78 is 0. The van der Waals surface area contributed by atoms with E-state index in [9.17, 15) is 5.11 Å². The van der Waals surface area contributed by atoms with Gasteiger partial charge in [0.2, 0.25) is 0 Å². The van der Waals surface area contributed by atoms with E-state index in [-0.39, 0.29) is 24.3 Å². The second-order valence-corrected chi connectivity index (χ2v) is 3.77. The third kappa shape index (κ3) is 2.59. The monoisotopic (exact) mass is 158 g/mol. The molecule has 0 amide bonds. The van der Waals surface area contributed by atoms with Crippen LogP contribution in [-0.2, 0) is 5.41 Å². The van der Waals surface area contributed by atoms with Crippen LogP contribution in [0.1, 0.15) is 26.3 Å². The molecule has 2 heteroatoms. The normalized spacial score (nSPS) is 10.6. The van der Waals surface area contributed by atoms with Gasteiger partial charge in [-0.1, -0.05) is 39.0 Å². The van der Waals surface area contributed by atoms with Gasteiger partial charge in [0, 0.05) is 0 Å². The molecular weight excluding hydrogens is 143 g/mol. The van der Waals surface area contributed by atoms with E-state index < -0.39 is 0 Å². The fraction of sp³-hybridized carbons (Fsp3) is 0.400. The molecule has 1 aromatic rings. The molecule has 0 bridgehead atoms. The van der Waals surface area contributed by atoms with Gasteiger partial charge in [0.15, 0.2) is 0 Å². The molecule has 0 radical (unpaired) electrons. The Bertz CT molecular complexity index is 250. The van der Waals surface area contributed by atoms with Crippen molar-refractivity contribution < 1.29 is 5.11 Å². The van der Waals surface area contributed by atoms with Crippen LogP contribution in [0.25, 0.3) is 0 Å². The molecule has 0 heterocycles. The van der Waals surface area contributed by atoms with E-state index in [1.807, 2.05) is 18.2 Å². The predicted octanol–water partition coefficient (Wildman–Crippen LogP) is 2.04. The van der Waals surface area contributed by atoms with E-state index >= 15 is 0 Å². The van der Waals surface area contributed by atoms with E-state index in [1.165, 1.54) is 0 Å². The molecule has 0 spiro atoms. The SMILES string of the molecule is CC(C)(C)c1ccccc1O.[LiH]. The van der Waals surface area contributed by atoms with Gasteiger partial charge >= 0.3 is 18.9 Å². The van der Waals surface area contributed by atoms with Crippen LogP contribution in [-0.4, -0.2) is 24.0 Å². The number of phenolic OH excluding ortho intramolecular Hbond substituents is 1. The molecule has 0 aliphatic rings. The summed E-state index contributed by atoms with van der Waals surface area (Å²) in [6, 6.07) is 7.46. The Morgan fingerprint density at radius 3 is 1.92 bits per heavy atom. The van der Waals surface area contributed by atoms with Crippen LogP contribution in [0.4, 0.5) is 0 Å². The van der Waals surface area contributed by atoms with Crippen molar-refractivity contribution in [2.24, 2.45) is 0 Å². The molecule has 62 valence electrons. The third-order valence-electron chi connectivity index (χ3n) is 1.71. The quantitative estimate of drug-likeness (QED) is 0.573. The molecule has 1 rings (SSSR count). The molecular formula is C10H15LiO. The predicted molar refractivity (Wildman–Crippen MR) is 54.0 cm³/mol. The zero-order valence-corrected chi connectivity index (χ0v) is 7.26. The topological polar surface area (TPSA) is 20.2 Å². The molecule has 1 N–H and O–H groups in total. The molecule has 0 aliphatic heterocycles. The minimum absolute atomic E-state index is 0. The number of para-hydroxylation sites is 1. The van der Waals surface area contributed by atoms with Crippen molar-refractivity contribution in [3.05, 3.63) is 29.8 Å². The molecule has 0 aliphatic carbocycles. The van der Waals surface area contributed by atoms with E-state index in [2.05, 4.69) is 20.8 Å². The molecule has 1 nitrogen and oxygen atoms in total. The van der Waals surface area contributed by atoms with Crippen LogP contribution >= 0.6 is 0 Å². The van der Waals surface area contributed by atoms with E-state index in [1.54, 1.807) is 6.07 Å². The number of hydrogen-bond donors (Lipinski definition) is 1. The van der Waals surface area contributed by atoms with Crippen molar-refractivity contribution >= 4 is 18.9 Å². The Balaban J connectivity index is 0.00000121. The van der Waals surface area contributed by atoms with Crippen LogP contribution in [0.15, 0.2) is 24.3 Å². The van der Waals surface area contributed by atoms with Gasteiger partial charge in [0.25, 0.3) is 0 Å². The first-order valence-electron chi connectivity index (χ1n) is 3.80. The van der Waals surface area contributed by atoms with Crippen molar-refractivity contribution in [3.63, 3.8) is 0 Å². The maximum absolute atomic E-state index is 9.45. The Hall–Kier alpha value is -0.383. The summed E-state index contributed by atoms with van der Waals surface area (Å²) in [6.07, 6.45) is 0. The van der Waals surface area contributed by atoms with Crippen LogP contribution in [0, 0.1) is 0 Å². The summed E-state index contributed by atoms with van der Waals surface area (Å²) in [5.74, 6) is 0.389. The van der Waals surface area contributed by atoms with Crippen LogP contribution < -0.4 is 0 Å². The summed E-state index contributed by atoms with van der Waals surface area (Å²) in [7, 11) is 0. The van der Waals surface area contributed by atoms with Gasteiger partial charge in [0.1, 0.15) is 5.75 Å². The fourth-order valence-corrected chi connectivity index (χ4v) is 1.11. The number of hydrogen-bond acceptors (Lipinski definition) is 1. The molecule has 1 aromatic carbocycles. The van der Waals surface area contributed by atoms with Crippen LogP contribution in [0.5, 0.6) is 5.75 Å². The molecule has 12 heavy (non-hydrogen) atoms. The number of phenols is 1. The minimum atomic E-state index is 0. The first kappa shape index (κ1) is 11.6. The number of benzene rings is 1. The Morgan fingerprint density at radius 2 is 1.58 bits per heavy atom. The number of aromatic hydroxyl groups is 1. The van der Waals surface area contributed by atoms with Gasteiger partial charge in [0.05, 0.1) is 0 Å². The molecule has 0 unspecified atom stereocenters. The second kappa shape index (κ2) is 4.03. The maximum atomic E-state index is 9.45. The van der Waals surface area contributed by atoms with Crippen LogP contribution in [0.3, 0.4) is 0 Å². The van der Waals surface area contributed by atoms with E-state index in [0.717, 1.165) is 5.56 Å². The Kier molecular flexibility index (Phi) is 3.90. The molecule has 0 saturated carbocycles. The average Bonchev–Trinajstić information content (AvgIpc) is 1.86. The zero-order chi connectivity index (χ0) is 8.48. The molecule has 0 aromatic heterocycles. The van der Waals surface area contributed by atoms with Crippen molar-refractivity contribution in [1.29, 1.82) is 0 Å². The Labute approximate surface area is 86.0 Å².